The molecule has 0 aromatic heterocycles. The van der Waals surface area contributed by atoms with Crippen molar-refractivity contribution in [3.05, 3.63) is 65.2 Å². The van der Waals surface area contributed by atoms with Gasteiger partial charge in [0.1, 0.15) is 17.4 Å². The molecule has 0 heterocycles. The van der Waals surface area contributed by atoms with Crippen LogP contribution in [0.2, 0.25) is 0 Å². The Bertz CT molecular complexity index is 606. The zero-order chi connectivity index (χ0) is 15.2. The minimum absolute atomic E-state index is 0.103. The molecular formula is C16H16F2O2S. The highest BCUT2D eigenvalue weighted by Crippen LogP contribution is 2.16. The molecule has 112 valence electrons. The molecule has 0 N–H and O–H groups in total. The summed E-state index contributed by atoms with van der Waals surface area (Å²) in [5.41, 5.74) is 0.906. The molecule has 0 aliphatic carbocycles. The second-order valence-electron chi connectivity index (χ2n) is 4.59. The van der Waals surface area contributed by atoms with Crippen molar-refractivity contribution < 1.29 is 17.7 Å². The first kappa shape index (κ1) is 15.6. The molecule has 0 amide bonds. The van der Waals surface area contributed by atoms with E-state index < -0.39 is 22.4 Å². The maximum atomic E-state index is 13.5. The minimum Gasteiger partial charge on any atom is -0.497 e. The van der Waals surface area contributed by atoms with Gasteiger partial charge in [0.05, 0.1) is 12.9 Å². The van der Waals surface area contributed by atoms with Crippen molar-refractivity contribution in [2.75, 3.05) is 12.9 Å². The van der Waals surface area contributed by atoms with Gasteiger partial charge in [-0.25, -0.2) is 8.78 Å². The molecule has 0 saturated heterocycles. The lowest BCUT2D eigenvalue weighted by Crippen LogP contribution is -2.07. The predicted octanol–water partition coefficient (Wildman–Crippen LogP) is 3.46. The van der Waals surface area contributed by atoms with Crippen LogP contribution in [0.4, 0.5) is 8.78 Å². The summed E-state index contributed by atoms with van der Waals surface area (Å²) < 4.78 is 44.0. The number of rotatable bonds is 6. The Kier molecular flexibility index (Phi) is 5.44. The number of benzene rings is 2. The fourth-order valence-electron chi connectivity index (χ4n) is 1.93. The lowest BCUT2D eigenvalue weighted by Gasteiger charge is -2.06. The van der Waals surface area contributed by atoms with Crippen molar-refractivity contribution in [2.24, 2.45) is 0 Å². The van der Waals surface area contributed by atoms with Crippen molar-refractivity contribution in [3.8, 4) is 5.75 Å². The Hall–Kier alpha value is -1.75. The van der Waals surface area contributed by atoms with E-state index >= 15 is 0 Å². The number of hydrogen-bond acceptors (Lipinski definition) is 2. The minimum atomic E-state index is -1.31. The quantitative estimate of drug-likeness (QED) is 0.817. The molecule has 0 spiro atoms. The van der Waals surface area contributed by atoms with Crippen LogP contribution in [0.5, 0.6) is 5.75 Å². The summed E-state index contributed by atoms with van der Waals surface area (Å²) in [6.45, 7) is 0. The van der Waals surface area contributed by atoms with Crippen LogP contribution in [0.3, 0.4) is 0 Å². The molecule has 0 radical (unpaired) electrons. The third-order valence-corrected chi connectivity index (χ3v) is 4.41. The van der Waals surface area contributed by atoms with Gasteiger partial charge in [-0.05, 0) is 36.2 Å². The van der Waals surface area contributed by atoms with E-state index in [0.717, 1.165) is 11.3 Å². The van der Waals surface area contributed by atoms with Gasteiger partial charge >= 0.3 is 0 Å². The summed E-state index contributed by atoms with van der Waals surface area (Å²) in [7, 11) is 0.280. The molecule has 0 saturated carbocycles. The molecule has 0 aliphatic rings. The number of aryl methyl sites for hydroxylation is 1. The predicted molar refractivity (Wildman–Crippen MR) is 79.8 cm³/mol. The third-order valence-electron chi connectivity index (χ3n) is 3.14. The first-order chi connectivity index (χ1) is 10.1. The summed E-state index contributed by atoms with van der Waals surface area (Å²) in [6.07, 6.45) is 0.590. The Balaban J connectivity index is 1.92. The van der Waals surface area contributed by atoms with Gasteiger partial charge in [0.25, 0.3) is 0 Å². The molecular weight excluding hydrogens is 294 g/mol. The average Bonchev–Trinajstić information content (AvgIpc) is 2.49. The first-order valence-corrected chi connectivity index (χ1v) is 7.99. The second kappa shape index (κ2) is 7.31. The van der Waals surface area contributed by atoms with Gasteiger partial charge in [-0.1, -0.05) is 18.2 Å². The monoisotopic (exact) mass is 310 g/mol. The normalized spacial score (nSPS) is 12.1. The van der Waals surface area contributed by atoms with Crippen molar-refractivity contribution in [3.63, 3.8) is 0 Å². The van der Waals surface area contributed by atoms with E-state index in [-0.39, 0.29) is 11.3 Å². The molecule has 2 nitrogen and oxygen atoms in total. The number of methoxy groups -OCH3 is 1. The maximum absolute atomic E-state index is 13.5. The Morgan fingerprint density at radius 2 is 1.67 bits per heavy atom. The van der Waals surface area contributed by atoms with Crippen molar-refractivity contribution in [2.45, 2.75) is 12.2 Å². The van der Waals surface area contributed by atoms with Crippen molar-refractivity contribution in [1.29, 1.82) is 0 Å². The van der Waals surface area contributed by atoms with Crippen LogP contribution in [0, 0.1) is 11.6 Å². The zero-order valence-corrected chi connectivity index (χ0v) is 12.5. The van der Waals surface area contributed by atoms with Crippen molar-refractivity contribution in [1.82, 2.24) is 0 Å². The summed E-state index contributed by atoms with van der Waals surface area (Å²) in [6, 6.07) is 11.1. The van der Waals surface area contributed by atoms with Crippen LogP contribution in [-0.2, 0) is 23.0 Å². The standard InChI is InChI=1S/C16H16F2O2S/c1-20-13-7-5-12(6-8-13)9-10-21(19)11-14-15(17)3-2-4-16(14)18/h2-8H,9-11H2,1H3. The molecule has 2 rings (SSSR count). The maximum Gasteiger partial charge on any atom is 0.130 e. The topological polar surface area (TPSA) is 26.3 Å². The van der Waals surface area contributed by atoms with Crippen LogP contribution in [0.1, 0.15) is 11.1 Å². The van der Waals surface area contributed by atoms with Gasteiger partial charge < -0.3 is 4.74 Å². The summed E-state index contributed by atoms with van der Waals surface area (Å²) in [5.74, 6) is -0.275. The smallest absolute Gasteiger partial charge is 0.130 e. The van der Waals surface area contributed by atoms with Gasteiger partial charge in [0.2, 0.25) is 0 Å². The van der Waals surface area contributed by atoms with Crippen molar-refractivity contribution >= 4 is 10.8 Å². The van der Waals surface area contributed by atoms with Gasteiger partial charge in [0.15, 0.2) is 0 Å². The van der Waals surface area contributed by atoms with Crippen LogP contribution in [-0.4, -0.2) is 17.1 Å². The fourth-order valence-corrected chi connectivity index (χ4v) is 3.13. The third kappa shape index (κ3) is 4.36. The lowest BCUT2D eigenvalue weighted by molar-refractivity contribution is 0.414. The van der Waals surface area contributed by atoms with Gasteiger partial charge in [-0.2, -0.15) is 0 Å². The Morgan fingerprint density at radius 1 is 1.05 bits per heavy atom. The molecule has 0 fully saturated rings. The summed E-state index contributed by atoms with van der Waals surface area (Å²) in [4.78, 5) is 0. The fraction of sp³-hybridized carbons (Fsp3) is 0.250. The number of hydrogen-bond donors (Lipinski definition) is 0. The molecule has 1 unspecified atom stereocenters. The van der Waals surface area contributed by atoms with E-state index in [4.69, 9.17) is 4.74 Å². The van der Waals surface area contributed by atoms with Gasteiger partial charge in [-0.3, -0.25) is 4.21 Å². The molecule has 0 bridgehead atoms. The highest BCUT2D eigenvalue weighted by molar-refractivity contribution is 7.84. The Labute approximate surface area is 125 Å². The van der Waals surface area contributed by atoms with Crippen LogP contribution < -0.4 is 4.74 Å². The van der Waals surface area contributed by atoms with Crippen LogP contribution in [0.15, 0.2) is 42.5 Å². The molecule has 1 atom stereocenters. The largest absolute Gasteiger partial charge is 0.497 e. The zero-order valence-electron chi connectivity index (χ0n) is 11.6. The second-order valence-corrected chi connectivity index (χ2v) is 6.16. The van der Waals surface area contributed by atoms with Gasteiger partial charge in [-0.15, -0.1) is 0 Å². The highest BCUT2D eigenvalue weighted by Gasteiger charge is 2.12. The number of ether oxygens (including phenoxy) is 1. The van der Waals surface area contributed by atoms with E-state index in [1.165, 1.54) is 18.2 Å². The molecule has 2 aromatic carbocycles. The molecule has 0 aliphatic heterocycles. The van der Waals surface area contributed by atoms with E-state index in [0.29, 0.717) is 12.2 Å². The number of halogens is 2. The average molecular weight is 310 g/mol. The SMILES string of the molecule is COc1ccc(CCS(=O)Cc2c(F)cccc2F)cc1. The molecule has 21 heavy (non-hydrogen) atoms. The first-order valence-electron chi connectivity index (χ1n) is 6.51. The van der Waals surface area contributed by atoms with E-state index in [1.807, 2.05) is 24.3 Å². The lowest BCUT2D eigenvalue weighted by atomic mass is 10.2. The van der Waals surface area contributed by atoms with Crippen LogP contribution >= 0.6 is 0 Å². The molecule has 2 aromatic rings. The Morgan fingerprint density at radius 3 is 2.24 bits per heavy atom. The van der Waals surface area contributed by atoms with E-state index in [9.17, 15) is 13.0 Å². The van der Waals surface area contributed by atoms with E-state index in [1.54, 1.807) is 7.11 Å². The molecule has 5 heteroatoms. The van der Waals surface area contributed by atoms with Crippen LogP contribution in [0.25, 0.3) is 0 Å². The van der Waals surface area contributed by atoms with E-state index in [2.05, 4.69) is 0 Å². The summed E-state index contributed by atoms with van der Waals surface area (Å²) in [5, 5.41) is 0. The highest BCUT2D eigenvalue weighted by atomic mass is 32.2. The summed E-state index contributed by atoms with van der Waals surface area (Å²) >= 11 is 0. The van der Waals surface area contributed by atoms with Gasteiger partial charge in [0, 0.05) is 22.1 Å².